The number of anilines is 1. The van der Waals surface area contributed by atoms with Crippen LogP contribution in [0.15, 0.2) is 24.8 Å². The summed E-state index contributed by atoms with van der Waals surface area (Å²) in [6, 6.07) is 4.14. The first-order valence-corrected chi connectivity index (χ1v) is 11.3. The molecule has 0 bridgehead atoms. The second-order valence-corrected chi connectivity index (χ2v) is 8.74. The van der Waals surface area contributed by atoms with Gasteiger partial charge in [0.15, 0.2) is 5.65 Å². The van der Waals surface area contributed by atoms with Crippen LogP contribution in [0.4, 0.5) is 5.95 Å². The van der Waals surface area contributed by atoms with Crippen molar-refractivity contribution < 1.29 is 14.9 Å². The van der Waals surface area contributed by atoms with Crippen molar-refractivity contribution in [1.82, 2.24) is 29.5 Å². The zero-order chi connectivity index (χ0) is 23.0. The molecule has 0 aliphatic carbocycles. The Kier molecular flexibility index (Phi) is 5.73. The van der Waals surface area contributed by atoms with Crippen LogP contribution in [0.5, 0.6) is 0 Å². The van der Waals surface area contributed by atoms with E-state index < -0.39 is 5.41 Å². The Hall–Kier alpha value is -3.08. The summed E-state index contributed by atoms with van der Waals surface area (Å²) in [7, 11) is 1.69. The van der Waals surface area contributed by atoms with E-state index >= 15 is 0 Å². The van der Waals surface area contributed by atoms with Crippen LogP contribution in [0.1, 0.15) is 25.3 Å². The fraction of sp³-hybridized carbons (Fsp3) is 0.478. The van der Waals surface area contributed by atoms with Crippen molar-refractivity contribution in [3.8, 4) is 11.3 Å². The van der Waals surface area contributed by atoms with Crippen LogP contribution in [-0.2, 0) is 17.9 Å². The highest BCUT2D eigenvalue weighted by Crippen LogP contribution is 2.34. The molecule has 10 nitrogen and oxygen atoms in total. The number of imidazole rings is 2. The van der Waals surface area contributed by atoms with Gasteiger partial charge in [0.2, 0.25) is 5.95 Å². The summed E-state index contributed by atoms with van der Waals surface area (Å²) in [5.41, 5.74) is 5.58. The average Bonchev–Trinajstić information content (AvgIpc) is 3.50. The minimum absolute atomic E-state index is 0.0181. The molecule has 1 aromatic carbocycles. The minimum Gasteiger partial charge on any atom is -0.396 e. The molecule has 1 fully saturated rings. The van der Waals surface area contributed by atoms with Gasteiger partial charge in [-0.15, -0.1) is 0 Å². The predicted octanol–water partition coefficient (Wildman–Crippen LogP) is 2.11. The van der Waals surface area contributed by atoms with Crippen molar-refractivity contribution in [1.29, 1.82) is 0 Å². The molecule has 4 heterocycles. The Morgan fingerprint density at radius 3 is 2.61 bits per heavy atom. The normalized spacial score (nSPS) is 16.2. The lowest BCUT2D eigenvalue weighted by Gasteiger charge is -2.39. The molecule has 0 radical (unpaired) electrons. The van der Waals surface area contributed by atoms with E-state index in [4.69, 9.17) is 14.7 Å². The zero-order valence-electron chi connectivity index (χ0n) is 19.0. The van der Waals surface area contributed by atoms with E-state index in [9.17, 15) is 10.2 Å². The third-order valence-corrected chi connectivity index (χ3v) is 6.75. The number of methoxy groups -OCH3 is 1. The first kappa shape index (κ1) is 21.7. The third-order valence-electron chi connectivity index (χ3n) is 6.75. The number of hydrogen-bond acceptors (Lipinski definition) is 8. The number of aromatic amines is 1. The Labute approximate surface area is 191 Å². The molecule has 174 valence electrons. The summed E-state index contributed by atoms with van der Waals surface area (Å²) in [4.78, 5) is 24.0. The topological polar surface area (TPSA) is 125 Å². The molecule has 0 unspecified atom stereocenters. The lowest BCUT2D eigenvalue weighted by molar-refractivity contribution is 0.0338. The van der Waals surface area contributed by atoms with Gasteiger partial charge in [-0.05, 0) is 31.9 Å². The van der Waals surface area contributed by atoms with E-state index in [0.29, 0.717) is 49.7 Å². The number of nitrogens with one attached hydrogen (secondary N) is 1. The van der Waals surface area contributed by atoms with Crippen molar-refractivity contribution in [3.05, 3.63) is 30.4 Å². The summed E-state index contributed by atoms with van der Waals surface area (Å²) < 4.78 is 7.60. The molecule has 0 saturated carbocycles. The van der Waals surface area contributed by atoms with Crippen LogP contribution in [0, 0.1) is 5.41 Å². The van der Waals surface area contributed by atoms with Crippen molar-refractivity contribution in [2.75, 3.05) is 38.3 Å². The smallest absolute Gasteiger partial charge is 0.228 e. The standard InChI is InChI=1S/C23H29N7O3/c1-3-29-14-26-17-9-15(8-16(10-33-2)20(17)29)18-19-21(25-13-24-19)28-22(27-18)30-6-4-23(11-31,12-32)5-7-30/h8-9,13-14,31-32H,3-7,10-12H2,1-2H3,(H,24,25,27,28). The quantitative estimate of drug-likeness (QED) is 0.390. The Morgan fingerprint density at radius 2 is 1.91 bits per heavy atom. The van der Waals surface area contributed by atoms with Crippen molar-refractivity contribution >= 4 is 28.1 Å². The van der Waals surface area contributed by atoms with Gasteiger partial charge in [-0.25, -0.2) is 15.0 Å². The van der Waals surface area contributed by atoms with E-state index in [-0.39, 0.29) is 13.2 Å². The first-order valence-electron chi connectivity index (χ1n) is 11.3. The highest BCUT2D eigenvalue weighted by molar-refractivity contribution is 5.92. The van der Waals surface area contributed by atoms with Crippen LogP contribution >= 0.6 is 0 Å². The monoisotopic (exact) mass is 451 g/mol. The molecule has 10 heteroatoms. The molecule has 5 rings (SSSR count). The molecule has 0 spiro atoms. The lowest BCUT2D eigenvalue weighted by atomic mass is 9.80. The first-order chi connectivity index (χ1) is 16.1. The van der Waals surface area contributed by atoms with Gasteiger partial charge in [0.05, 0.1) is 43.5 Å². The van der Waals surface area contributed by atoms with Gasteiger partial charge >= 0.3 is 0 Å². The second kappa shape index (κ2) is 8.69. The fourth-order valence-electron chi connectivity index (χ4n) is 4.65. The molecule has 1 aliphatic rings. The molecule has 3 aromatic heterocycles. The number of hydrogen-bond donors (Lipinski definition) is 3. The molecule has 0 atom stereocenters. The number of rotatable bonds is 7. The Morgan fingerprint density at radius 1 is 1.12 bits per heavy atom. The fourth-order valence-corrected chi connectivity index (χ4v) is 4.65. The third kappa shape index (κ3) is 3.73. The van der Waals surface area contributed by atoms with Gasteiger partial charge in [-0.2, -0.15) is 4.98 Å². The van der Waals surface area contributed by atoms with Gasteiger partial charge in [0.25, 0.3) is 0 Å². The van der Waals surface area contributed by atoms with Crippen molar-refractivity contribution in [2.24, 2.45) is 5.41 Å². The molecular weight excluding hydrogens is 422 g/mol. The molecule has 0 amide bonds. The average molecular weight is 452 g/mol. The number of aryl methyl sites for hydroxylation is 1. The number of nitrogens with zero attached hydrogens (tertiary/aromatic N) is 6. The maximum absolute atomic E-state index is 9.74. The largest absolute Gasteiger partial charge is 0.396 e. The van der Waals surface area contributed by atoms with Crippen LogP contribution in [0.25, 0.3) is 33.5 Å². The summed E-state index contributed by atoms with van der Waals surface area (Å²) >= 11 is 0. The van der Waals surface area contributed by atoms with Gasteiger partial charge in [0.1, 0.15) is 11.2 Å². The van der Waals surface area contributed by atoms with Gasteiger partial charge in [-0.1, -0.05) is 0 Å². The molecule has 1 saturated heterocycles. The second-order valence-electron chi connectivity index (χ2n) is 8.74. The van der Waals surface area contributed by atoms with Crippen molar-refractivity contribution in [3.63, 3.8) is 0 Å². The van der Waals surface area contributed by atoms with Crippen LogP contribution in [-0.4, -0.2) is 73.1 Å². The number of aliphatic hydroxyl groups excluding tert-OH is 2. The molecule has 4 aromatic rings. The van der Waals surface area contributed by atoms with Gasteiger partial charge in [-0.3, -0.25) is 0 Å². The number of piperidine rings is 1. The van der Waals surface area contributed by atoms with Crippen LogP contribution in [0.2, 0.25) is 0 Å². The van der Waals surface area contributed by atoms with Crippen molar-refractivity contribution in [2.45, 2.75) is 32.9 Å². The van der Waals surface area contributed by atoms with Crippen LogP contribution < -0.4 is 4.90 Å². The molecular formula is C23H29N7O3. The molecule has 3 N–H and O–H groups in total. The number of H-pyrrole nitrogens is 1. The zero-order valence-corrected chi connectivity index (χ0v) is 19.0. The van der Waals surface area contributed by atoms with E-state index in [1.54, 1.807) is 13.4 Å². The van der Waals surface area contributed by atoms with E-state index in [2.05, 4.69) is 37.4 Å². The summed E-state index contributed by atoms with van der Waals surface area (Å²) in [5.74, 6) is 0.610. The maximum atomic E-state index is 9.74. The summed E-state index contributed by atoms with van der Waals surface area (Å²) in [6.45, 7) is 4.67. The number of aliphatic hydroxyl groups is 2. The molecule has 1 aliphatic heterocycles. The Bertz CT molecular complexity index is 1270. The minimum atomic E-state index is -0.435. The van der Waals surface area contributed by atoms with E-state index in [1.165, 1.54) is 0 Å². The number of fused-ring (bicyclic) bond motifs is 2. The Balaban J connectivity index is 1.59. The lowest BCUT2D eigenvalue weighted by Crippen LogP contribution is -2.44. The molecule has 33 heavy (non-hydrogen) atoms. The predicted molar refractivity (Wildman–Crippen MR) is 125 cm³/mol. The number of aromatic nitrogens is 6. The van der Waals surface area contributed by atoms with Crippen LogP contribution in [0.3, 0.4) is 0 Å². The summed E-state index contributed by atoms with van der Waals surface area (Å²) in [5, 5.41) is 19.5. The highest BCUT2D eigenvalue weighted by Gasteiger charge is 2.34. The maximum Gasteiger partial charge on any atom is 0.228 e. The van der Waals surface area contributed by atoms with E-state index in [1.807, 2.05) is 12.4 Å². The number of benzene rings is 1. The highest BCUT2D eigenvalue weighted by atomic mass is 16.5. The van der Waals surface area contributed by atoms with Gasteiger partial charge in [0, 0.05) is 43.3 Å². The van der Waals surface area contributed by atoms with E-state index in [0.717, 1.165) is 34.4 Å². The summed E-state index contributed by atoms with van der Waals surface area (Å²) in [6.07, 6.45) is 4.84. The van der Waals surface area contributed by atoms with Gasteiger partial charge < -0.3 is 29.4 Å². The number of ether oxygens (including phenoxy) is 1. The SMILES string of the molecule is CCn1cnc2cc(-c3nc(N4CCC(CO)(CO)CC4)nc4[nH]cnc34)cc(COC)c21.